The quantitative estimate of drug-likeness (QED) is 0.156. The van der Waals surface area contributed by atoms with Gasteiger partial charge in [0.05, 0.1) is 32.9 Å². The summed E-state index contributed by atoms with van der Waals surface area (Å²) in [6.45, 7) is 7.90. The maximum Gasteiger partial charge on any atom is 0.338 e. The summed E-state index contributed by atoms with van der Waals surface area (Å²) < 4.78 is 14.2. The number of aromatic nitrogens is 3. The number of rotatable bonds is 8. The standard InChI is InChI=1S/C34H29BrN4O5S2/c1-5-43-31(42)27-28(21-9-7-6-8-10-21)38-34-39(29(27)22-13-11-20(12-14-22)18(2)3)30(41)25(45-34)17-23-16-24(35)32(44-23)46-33-36-19(4)15-26(40)37-33/h6-18,29H,5H2,1-4H3,(H,36,37,40)/b25-17+/t29-/m0/s1. The fourth-order valence-corrected chi connectivity index (χ4v) is 7.49. The first-order valence-corrected chi connectivity index (χ1v) is 17.0. The zero-order valence-electron chi connectivity index (χ0n) is 25.4. The summed E-state index contributed by atoms with van der Waals surface area (Å²) in [5.41, 5.74) is 3.41. The third-order valence-electron chi connectivity index (χ3n) is 7.28. The van der Waals surface area contributed by atoms with Crippen LogP contribution in [-0.4, -0.2) is 27.1 Å². The van der Waals surface area contributed by atoms with Crippen LogP contribution in [0, 0.1) is 6.92 Å². The summed E-state index contributed by atoms with van der Waals surface area (Å²) in [4.78, 5) is 52.2. The number of furan rings is 1. The van der Waals surface area contributed by atoms with Crippen LogP contribution in [0.15, 0.2) is 106 Å². The molecule has 2 aromatic carbocycles. The number of thiazole rings is 1. The number of aromatic amines is 1. The molecule has 1 N–H and O–H groups in total. The Labute approximate surface area is 280 Å². The van der Waals surface area contributed by atoms with Crippen molar-refractivity contribution in [1.29, 1.82) is 0 Å². The summed E-state index contributed by atoms with van der Waals surface area (Å²) in [7, 11) is 0. The van der Waals surface area contributed by atoms with Crippen LogP contribution in [0.5, 0.6) is 0 Å². The molecule has 0 unspecified atom stereocenters. The van der Waals surface area contributed by atoms with Gasteiger partial charge in [-0.3, -0.25) is 14.2 Å². The Hall–Kier alpha value is -4.26. The number of esters is 1. The van der Waals surface area contributed by atoms with E-state index in [4.69, 9.17) is 14.1 Å². The molecule has 0 saturated carbocycles. The van der Waals surface area contributed by atoms with Gasteiger partial charge in [-0.1, -0.05) is 79.8 Å². The predicted octanol–water partition coefficient (Wildman–Crippen LogP) is 5.96. The Balaban J connectivity index is 1.52. The van der Waals surface area contributed by atoms with Crippen LogP contribution >= 0.6 is 39.0 Å². The lowest BCUT2D eigenvalue weighted by molar-refractivity contribution is -0.138. The number of carbonyl (C=O) groups is 1. The Kier molecular flexibility index (Phi) is 9.12. The number of hydrogen-bond donors (Lipinski definition) is 1. The van der Waals surface area contributed by atoms with Crippen molar-refractivity contribution in [2.45, 2.75) is 49.9 Å². The number of aryl methyl sites for hydroxylation is 1. The third kappa shape index (κ3) is 6.37. The third-order valence-corrected chi connectivity index (χ3v) is 9.99. The molecule has 0 spiro atoms. The number of benzene rings is 2. The van der Waals surface area contributed by atoms with Gasteiger partial charge in [-0.2, -0.15) is 0 Å². The molecule has 5 aromatic rings. The van der Waals surface area contributed by atoms with E-state index in [9.17, 15) is 14.4 Å². The van der Waals surface area contributed by atoms with E-state index in [2.05, 4.69) is 39.7 Å². The van der Waals surface area contributed by atoms with Gasteiger partial charge in [0.2, 0.25) is 0 Å². The number of ether oxygens (including phenoxy) is 1. The second-order valence-corrected chi connectivity index (χ2v) is 13.7. The highest BCUT2D eigenvalue weighted by atomic mass is 79.9. The Morgan fingerprint density at radius 2 is 1.89 bits per heavy atom. The Morgan fingerprint density at radius 3 is 2.57 bits per heavy atom. The lowest BCUT2D eigenvalue weighted by atomic mass is 9.91. The van der Waals surface area contributed by atoms with E-state index in [0.29, 0.717) is 52.7 Å². The largest absolute Gasteiger partial charge is 0.463 e. The number of nitrogens with zero attached hydrogens (tertiary/aromatic N) is 3. The predicted molar refractivity (Wildman–Crippen MR) is 182 cm³/mol. The summed E-state index contributed by atoms with van der Waals surface area (Å²) in [6.07, 6.45) is 1.65. The molecule has 6 rings (SSSR count). The van der Waals surface area contributed by atoms with Crippen molar-refractivity contribution in [3.63, 3.8) is 0 Å². The molecular formula is C34H29BrN4O5S2. The maximum absolute atomic E-state index is 14.2. The first-order valence-electron chi connectivity index (χ1n) is 14.6. The summed E-state index contributed by atoms with van der Waals surface area (Å²) >= 11 is 5.89. The number of hydrogen-bond acceptors (Lipinski definition) is 9. The molecule has 4 heterocycles. The van der Waals surface area contributed by atoms with Crippen molar-refractivity contribution in [3.05, 3.63) is 135 Å². The van der Waals surface area contributed by atoms with Crippen LogP contribution in [0.3, 0.4) is 0 Å². The number of fused-ring (bicyclic) bond motifs is 1. The summed E-state index contributed by atoms with van der Waals surface area (Å²) in [6, 6.07) is 19.8. The number of H-pyrrole nitrogens is 1. The molecule has 12 heteroatoms. The van der Waals surface area contributed by atoms with Crippen LogP contribution in [0.25, 0.3) is 11.8 Å². The Morgan fingerprint density at radius 1 is 1.15 bits per heavy atom. The average molecular weight is 718 g/mol. The van der Waals surface area contributed by atoms with E-state index in [-0.39, 0.29) is 17.7 Å². The molecule has 1 aliphatic heterocycles. The molecule has 0 fully saturated rings. The van der Waals surface area contributed by atoms with Crippen LogP contribution in [0.1, 0.15) is 60.9 Å². The molecule has 1 aliphatic rings. The minimum atomic E-state index is -0.771. The SMILES string of the molecule is CCOC(=O)C1=C(c2ccccc2)N=c2s/c(=C/c3cc(Br)c(Sc4nc(C)cc(=O)[nH]4)o3)c(=O)n2[C@H]1c1ccc(C(C)C)cc1. The van der Waals surface area contributed by atoms with Gasteiger partial charge >= 0.3 is 5.97 Å². The van der Waals surface area contributed by atoms with E-state index < -0.39 is 12.0 Å². The molecule has 0 amide bonds. The van der Waals surface area contributed by atoms with Crippen molar-refractivity contribution < 1.29 is 13.9 Å². The van der Waals surface area contributed by atoms with Gasteiger partial charge in [-0.15, -0.1) is 0 Å². The van der Waals surface area contributed by atoms with E-state index >= 15 is 0 Å². The first kappa shape index (κ1) is 31.7. The minimum absolute atomic E-state index is 0.174. The molecule has 0 radical (unpaired) electrons. The van der Waals surface area contributed by atoms with Gasteiger partial charge in [0.15, 0.2) is 15.1 Å². The van der Waals surface area contributed by atoms with Crippen LogP contribution in [0.4, 0.5) is 0 Å². The highest BCUT2D eigenvalue weighted by Crippen LogP contribution is 2.36. The van der Waals surface area contributed by atoms with Gasteiger partial charge in [0, 0.05) is 23.4 Å². The van der Waals surface area contributed by atoms with Gasteiger partial charge in [-0.25, -0.2) is 14.8 Å². The highest BCUT2D eigenvalue weighted by Gasteiger charge is 2.35. The fourth-order valence-electron chi connectivity index (χ4n) is 5.15. The summed E-state index contributed by atoms with van der Waals surface area (Å²) in [5, 5.41) is 0.848. The number of nitrogens with one attached hydrogen (secondary N) is 1. The number of halogens is 1. The van der Waals surface area contributed by atoms with Crippen molar-refractivity contribution >= 4 is 56.8 Å². The Bertz CT molecular complexity index is 2210. The van der Waals surface area contributed by atoms with Gasteiger partial charge in [-0.05, 0) is 64.7 Å². The van der Waals surface area contributed by atoms with Crippen LogP contribution < -0.4 is 20.5 Å². The molecule has 9 nitrogen and oxygen atoms in total. The van der Waals surface area contributed by atoms with Crippen LogP contribution in [0.2, 0.25) is 0 Å². The summed E-state index contributed by atoms with van der Waals surface area (Å²) in [5.74, 6) is 0.200. The smallest absolute Gasteiger partial charge is 0.338 e. The zero-order chi connectivity index (χ0) is 32.5. The fraction of sp³-hybridized carbons (Fsp3) is 0.206. The van der Waals surface area contributed by atoms with E-state index in [1.165, 1.54) is 17.4 Å². The zero-order valence-corrected chi connectivity index (χ0v) is 28.6. The van der Waals surface area contributed by atoms with Crippen molar-refractivity contribution in [2.24, 2.45) is 4.99 Å². The van der Waals surface area contributed by atoms with Crippen molar-refractivity contribution in [2.75, 3.05) is 6.61 Å². The molecule has 46 heavy (non-hydrogen) atoms. The second kappa shape index (κ2) is 13.2. The van der Waals surface area contributed by atoms with E-state index in [0.717, 1.165) is 28.5 Å². The molecular weight excluding hydrogens is 688 g/mol. The topological polar surface area (TPSA) is 120 Å². The number of carbonyl (C=O) groups excluding carboxylic acids is 1. The highest BCUT2D eigenvalue weighted by molar-refractivity contribution is 9.10. The molecule has 234 valence electrons. The molecule has 1 atom stereocenters. The minimum Gasteiger partial charge on any atom is -0.463 e. The molecule has 0 saturated heterocycles. The molecule has 0 aliphatic carbocycles. The lowest BCUT2D eigenvalue weighted by Crippen LogP contribution is -2.40. The molecule has 0 bridgehead atoms. The molecule has 3 aromatic heterocycles. The van der Waals surface area contributed by atoms with E-state index in [1.807, 2.05) is 54.6 Å². The first-order chi connectivity index (χ1) is 22.1. The van der Waals surface area contributed by atoms with E-state index in [1.54, 1.807) is 30.6 Å². The van der Waals surface area contributed by atoms with Gasteiger partial charge < -0.3 is 14.1 Å². The lowest BCUT2D eigenvalue weighted by Gasteiger charge is -2.26. The second-order valence-electron chi connectivity index (χ2n) is 10.8. The van der Waals surface area contributed by atoms with Gasteiger partial charge in [0.1, 0.15) is 5.76 Å². The maximum atomic E-state index is 14.2. The van der Waals surface area contributed by atoms with Gasteiger partial charge in [0.25, 0.3) is 11.1 Å². The van der Waals surface area contributed by atoms with Crippen molar-refractivity contribution in [1.82, 2.24) is 14.5 Å². The average Bonchev–Trinajstić information content (AvgIpc) is 3.53. The monoisotopic (exact) mass is 716 g/mol. The normalized spacial score (nSPS) is 14.8. The van der Waals surface area contributed by atoms with Crippen LogP contribution in [-0.2, 0) is 9.53 Å². The van der Waals surface area contributed by atoms with Crippen molar-refractivity contribution in [3.8, 4) is 0 Å².